The minimum Gasteiger partial charge on any atom is -0.475 e. The van der Waals surface area contributed by atoms with Crippen LogP contribution in [0.25, 0.3) is 0 Å². The van der Waals surface area contributed by atoms with Crippen molar-refractivity contribution < 1.29 is 23.1 Å². The molecule has 1 aromatic rings. The quantitative estimate of drug-likeness (QED) is 0.849. The Morgan fingerprint density at radius 2 is 2.12 bits per heavy atom. The molecule has 16 heavy (non-hydrogen) atoms. The summed E-state index contributed by atoms with van der Waals surface area (Å²) in [4.78, 5) is 14.1. The lowest BCUT2D eigenvalue weighted by Crippen LogP contribution is -1.99. The van der Waals surface area contributed by atoms with Crippen molar-refractivity contribution in [1.29, 1.82) is 0 Å². The van der Waals surface area contributed by atoms with Gasteiger partial charge in [-0.3, -0.25) is 0 Å². The molecule has 0 aliphatic heterocycles. The van der Waals surface area contributed by atoms with E-state index in [-0.39, 0.29) is 5.89 Å². The molecule has 0 spiro atoms. The van der Waals surface area contributed by atoms with Gasteiger partial charge in [0.15, 0.2) is 11.6 Å². The van der Waals surface area contributed by atoms with E-state index in [9.17, 15) is 13.6 Å². The lowest BCUT2D eigenvalue weighted by atomic mass is 10.1. The van der Waals surface area contributed by atoms with Crippen molar-refractivity contribution in [3.8, 4) is 0 Å². The minimum absolute atomic E-state index is 0.0569. The lowest BCUT2D eigenvalue weighted by molar-refractivity contribution is 0.0644. The fraction of sp³-hybridized carbons (Fsp3) is 0.600. The summed E-state index contributed by atoms with van der Waals surface area (Å²) in [5.41, 5.74) is -0.786. The topological polar surface area (TPSA) is 63.3 Å². The first-order chi connectivity index (χ1) is 7.41. The molecule has 1 rings (SSSR count). The van der Waals surface area contributed by atoms with E-state index in [0.717, 1.165) is 0 Å². The molecule has 0 aliphatic carbocycles. The Bertz CT molecular complexity index is 374. The maximum Gasteiger partial charge on any atom is 0.374 e. The van der Waals surface area contributed by atoms with Gasteiger partial charge in [0.05, 0.1) is 0 Å². The highest BCUT2D eigenvalue weighted by Gasteiger charge is 2.25. The Hall–Kier alpha value is -1.46. The fourth-order valence-corrected chi connectivity index (χ4v) is 1.20. The van der Waals surface area contributed by atoms with Crippen LogP contribution in [0.2, 0.25) is 0 Å². The van der Waals surface area contributed by atoms with Gasteiger partial charge in [0, 0.05) is 6.42 Å². The van der Waals surface area contributed by atoms with Gasteiger partial charge in [-0.1, -0.05) is 13.8 Å². The van der Waals surface area contributed by atoms with Crippen LogP contribution in [0.4, 0.5) is 8.78 Å². The van der Waals surface area contributed by atoms with Crippen LogP contribution in [0.3, 0.4) is 0 Å². The maximum atomic E-state index is 12.4. The largest absolute Gasteiger partial charge is 0.475 e. The summed E-state index contributed by atoms with van der Waals surface area (Å²) in [7, 11) is 0. The zero-order valence-electron chi connectivity index (χ0n) is 9.04. The van der Waals surface area contributed by atoms with Crippen LogP contribution in [0.15, 0.2) is 4.42 Å². The molecule has 6 heteroatoms. The number of nitrogens with zero attached hydrogens (tertiary/aromatic N) is 1. The molecule has 0 amide bonds. The number of aromatic nitrogens is 1. The van der Waals surface area contributed by atoms with Gasteiger partial charge < -0.3 is 9.52 Å². The van der Waals surface area contributed by atoms with Crippen LogP contribution in [0.5, 0.6) is 0 Å². The van der Waals surface area contributed by atoms with E-state index in [0.29, 0.717) is 18.8 Å². The van der Waals surface area contributed by atoms with Crippen molar-refractivity contribution in [2.45, 2.75) is 33.1 Å². The molecule has 1 aromatic heterocycles. The number of hydrogen-bond acceptors (Lipinski definition) is 3. The van der Waals surface area contributed by atoms with Gasteiger partial charge in [0.1, 0.15) is 0 Å². The molecule has 90 valence electrons. The van der Waals surface area contributed by atoms with Crippen LogP contribution in [-0.4, -0.2) is 16.1 Å². The van der Waals surface area contributed by atoms with E-state index in [2.05, 4.69) is 4.98 Å². The first-order valence-corrected chi connectivity index (χ1v) is 4.92. The minimum atomic E-state index is -2.93. The second-order valence-corrected chi connectivity index (χ2v) is 3.86. The number of carboxylic acids is 1. The van der Waals surface area contributed by atoms with Gasteiger partial charge in [-0.05, 0) is 12.3 Å². The molecule has 1 N–H and O–H groups in total. The third-order valence-electron chi connectivity index (χ3n) is 2.03. The zero-order chi connectivity index (χ0) is 12.3. The maximum absolute atomic E-state index is 12.4. The van der Waals surface area contributed by atoms with Crippen LogP contribution < -0.4 is 0 Å². The summed E-state index contributed by atoms with van der Waals surface area (Å²) in [6.45, 7) is 3.93. The molecule has 4 nitrogen and oxygen atoms in total. The van der Waals surface area contributed by atoms with E-state index >= 15 is 0 Å². The Balaban J connectivity index is 2.88. The summed E-state index contributed by atoms with van der Waals surface area (Å²) in [5, 5.41) is 8.64. The number of halogens is 2. The molecular formula is C10H13F2NO3. The molecule has 0 aliphatic rings. The molecule has 0 fully saturated rings. The molecule has 0 saturated carbocycles. The Morgan fingerprint density at radius 1 is 1.50 bits per heavy atom. The number of hydrogen-bond donors (Lipinski definition) is 1. The first kappa shape index (κ1) is 12.6. The van der Waals surface area contributed by atoms with Gasteiger partial charge in [-0.15, -0.1) is 0 Å². The molecule has 0 aromatic carbocycles. The van der Waals surface area contributed by atoms with E-state index in [1.165, 1.54) is 0 Å². The number of aryl methyl sites for hydroxylation is 1. The number of carbonyl (C=O) groups is 1. The SMILES string of the molecule is CC(C)CCc1nc(C(F)F)c(C(=O)O)o1. The molecule has 0 bridgehead atoms. The van der Waals surface area contributed by atoms with Crippen molar-refractivity contribution in [3.05, 3.63) is 17.3 Å². The average molecular weight is 233 g/mol. The zero-order valence-corrected chi connectivity index (χ0v) is 9.04. The van der Waals surface area contributed by atoms with Gasteiger partial charge >= 0.3 is 5.97 Å². The van der Waals surface area contributed by atoms with E-state index in [1.54, 1.807) is 0 Å². The van der Waals surface area contributed by atoms with Crippen molar-refractivity contribution in [1.82, 2.24) is 4.98 Å². The van der Waals surface area contributed by atoms with Crippen molar-refractivity contribution in [3.63, 3.8) is 0 Å². The Kier molecular flexibility index (Phi) is 3.98. The summed E-state index contributed by atoms with van der Waals surface area (Å²) >= 11 is 0. The predicted molar refractivity (Wildman–Crippen MR) is 51.6 cm³/mol. The highest BCUT2D eigenvalue weighted by atomic mass is 19.3. The molecule has 0 atom stereocenters. The number of rotatable bonds is 5. The van der Waals surface area contributed by atoms with Gasteiger partial charge in [0.2, 0.25) is 5.76 Å². The lowest BCUT2D eigenvalue weighted by Gasteiger charge is -1.99. The third kappa shape index (κ3) is 3.01. The number of oxazole rings is 1. The van der Waals surface area contributed by atoms with Crippen LogP contribution in [-0.2, 0) is 6.42 Å². The normalized spacial score (nSPS) is 11.4. The smallest absolute Gasteiger partial charge is 0.374 e. The molecular weight excluding hydrogens is 220 g/mol. The summed E-state index contributed by atoms with van der Waals surface area (Å²) < 4.78 is 29.6. The third-order valence-corrected chi connectivity index (χ3v) is 2.03. The Morgan fingerprint density at radius 3 is 2.50 bits per heavy atom. The highest BCUT2D eigenvalue weighted by Crippen LogP contribution is 2.24. The van der Waals surface area contributed by atoms with Crippen LogP contribution in [0, 0.1) is 5.92 Å². The predicted octanol–water partition coefficient (Wildman–Crippen LogP) is 2.90. The average Bonchev–Trinajstić information content (AvgIpc) is 2.58. The molecule has 1 heterocycles. The number of alkyl halides is 2. The second-order valence-electron chi connectivity index (χ2n) is 3.86. The Labute approximate surface area is 91.3 Å². The van der Waals surface area contributed by atoms with Gasteiger partial charge in [0.25, 0.3) is 6.43 Å². The van der Waals surface area contributed by atoms with Crippen LogP contribution >= 0.6 is 0 Å². The van der Waals surface area contributed by atoms with Gasteiger partial charge in [-0.25, -0.2) is 18.6 Å². The fourth-order valence-electron chi connectivity index (χ4n) is 1.20. The standard InChI is InChI=1S/C10H13F2NO3/c1-5(2)3-4-6-13-7(9(11)12)8(16-6)10(14)15/h5,9H,3-4H2,1-2H3,(H,14,15). The first-order valence-electron chi connectivity index (χ1n) is 4.92. The van der Waals surface area contributed by atoms with Crippen molar-refractivity contribution in [2.75, 3.05) is 0 Å². The molecule has 0 unspecified atom stereocenters. The van der Waals surface area contributed by atoms with Crippen molar-refractivity contribution >= 4 is 5.97 Å². The summed E-state index contributed by atoms with van der Waals surface area (Å²) in [6, 6.07) is 0. The monoisotopic (exact) mass is 233 g/mol. The van der Waals surface area contributed by atoms with E-state index < -0.39 is 23.8 Å². The van der Waals surface area contributed by atoms with E-state index in [4.69, 9.17) is 9.52 Å². The van der Waals surface area contributed by atoms with Crippen molar-refractivity contribution in [2.24, 2.45) is 5.92 Å². The number of aromatic carboxylic acids is 1. The van der Waals surface area contributed by atoms with Gasteiger partial charge in [-0.2, -0.15) is 0 Å². The van der Waals surface area contributed by atoms with Crippen LogP contribution in [0.1, 0.15) is 48.8 Å². The highest BCUT2D eigenvalue weighted by molar-refractivity contribution is 5.85. The summed E-state index contributed by atoms with van der Waals surface area (Å²) in [5.74, 6) is -1.84. The number of carboxylic acid groups (broad SMARTS) is 1. The second kappa shape index (κ2) is 5.05. The van der Waals surface area contributed by atoms with E-state index in [1.807, 2.05) is 13.8 Å². The molecule has 0 saturated heterocycles. The molecule has 0 radical (unpaired) electrons. The summed E-state index contributed by atoms with van der Waals surface area (Å²) in [6.07, 6.45) is -1.85.